The highest BCUT2D eigenvalue weighted by atomic mass is 19.1. The number of benzene rings is 1. The molecule has 1 aliphatic rings. The summed E-state index contributed by atoms with van der Waals surface area (Å²) in [6.45, 7) is 1.66. The zero-order valence-electron chi connectivity index (χ0n) is 7.66. The smallest absolute Gasteiger partial charge is 0.168 e. The fraction of sp³-hybridized carbons (Fsp3) is 0.400. The van der Waals surface area contributed by atoms with E-state index in [2.05, 4.69) is 5.32 Å². The molecule has 4 heteroatoms. The van der Waals surface area contributed by atoms with E-state index in [-0.39, 0.29) is 17.6 Å². The molecule has 1 heterocycles. The van der Waals surface area contributed by atoms with E-state index in [1.54, 1.807) is 0 Å². The predicted molar refractivity (Wildman–Crippen MR) is 50.0 cm³/mol. The molecule has 0 bridgehead atoms. The Labute approximate surface area is 81.5 Å². The molecule has 1 saturated heterocycles. The lowest BCUT2D eigenvalue weighted by Gasteiger charge is -2.12. The van der Waals surface area contributed by atoms with Gasteiger partial charge in [-0.15, -0.1) is 0 Å². The van der Waals surface area contributed by atoms with Crippen molar-refractivity contribution in [3.8, 4) is 11.5 Å². The maximum absolute atomic E-state index is 13.2. The lowest BCUT2D eigenvalue weighted by atomic mass is 10.3. The van der Waals surface area contributed by atoms with E-state index >= 15 is 0 Å². The highest BCUT2D eigenvalue weighted by molar-refractivity contribution is 5.32. The van der Waals surface area contributed by atoms with Crippen LogP contribution in [0.1, 0.15) is 6.42 Å². The fourth-order valence-electron chi connectivity index (χ4n) is 1.49. The van der Waals surface area contributed by atoms with Gasteiger partial charge in [0.2, 0.25) is 0 Å². The Morgan fingerprint density at radius 3 is 3.00 bits per heavy atom. The van der Waals surface area contributed by atoms with Crippen molar-refractivity contribution in [3.63, 3.8) is 0 Å². The molecule has 76 valence electrons. The molecule has 1 atom stereocenters. The second kappa shape index (κ2) is 3.84. The van der Waals surface area contributed by atoms with Crippen LogP contribution in [0.4, 0.5) is 4.39 Å². The highest BCUT2D eigenvalue weighted by Gasteiger charge is 2.17. The van der Waals surface area contributed by atoms with Gasteiger partial charge in [0, 0.05) is 12.6 Å². The van der Waals surface area contributed by atoms with Crippen molar-refractivity contribution < 1.29 is 14.2 Å². The summed E-state index contributed by atoms with van der Waals surface area (Å²) >= 11 is 0. The van der Waals surface area contributed by atoms with E-state index in [1.807, 2.05) is 0 Å². The molecule has 0 spiro atoms. The van der Waals surface area contributed by atoms with Gasteiger partial charge in [0.05, 0.1) is 0 Å². The minimum absolute atomic E-state index is 0.0362. The maximum atomic E-state index is 13.2. The van der Waals surface area contributed by atoms with Crippen LogP contribution in [0.15, 0.2) is 18.2 Å². The normalized spacial score (nSPS) is 21.1. The minimum atomic E-state index is -0.517. The van der Waals surface area contributed by atoms with Crippen molar-refractivity contribution in [2.45, 2.75) is 12.5 Å². The third-order valence-corrected chi connectivity index (χ3v) is 2.22. The average Bonchev–Trinajstić information content (AvgIpc) is 2.62. The molecule has 1 aromatic carbocycles. The van der Waals surface area contributed by atoms with Crippen molar-refractivity contribution >= 4 is 0 Å². The topological polar surface area (TPSA) is 41.5 Å². The molecule has 0 radical (unpaired) electrons. The van der Waals surface area contributed by atoms with E-state index in [1.165, 1.54) is 12.1 Å². The van der Waals surface area contributed by atoms with Crippen molar-refractivity contribution in [2.75, 3.05) is 13.1 Å². The van der Waals surface area contributed by atoms with Gasteiger partial charge in [0.15, 0.2) is 11.6 Å². The van der Waals surface area contributed by atoms with E-state index < -0.39 is 5.82 Å². The zero-order chi connectivity index (χ0) is 9.97. The predicted octanol–water partition coefficient (Wildman–Crippen LogP) is 1.27. The van der Waals surface area contributed by atoms with Gasteiger partial charge in [-0.1, -0.05) is 0 Å². The molecule has 14 heavy (non-hydrogen) atoms. The van der Waals surface area contributed by atoms with Gasteiger partial charge in [-0.25, -0.2) is 4.39 Å². The van der Waals surface area contributed by atoms with Gasteiger partial charge in [-0.2, -0.15) is 0 Å². The summed E-state index contributed by atoms with van der Waals surface area (Å²) in [7, 11) is 0. The third-order valence-electron chi connectivity index (χ3n) is 2.22. The number of ether oxygens (including phenoxy) is 1. The van der Waals surface area contributed by atoms with E-state index in [4.69, 9.17) is 9.84 Å². The van der Waals surface area contributed by atoms with Crippen LogP contribution >= 0.6 is 0 Å². The van der Waals surface area contributed by atoms with Crippen LogP contribution in [0.3, 0.4) is 0 Å². The van der Waals surface area contributed by atoms with Crippen molar-refractivity contribution in [1.82, 2.24) is 5.32 Å². The molecule has 3 nitrogen and oxygen atoms in total. The van der Waals surface area contributed by atoms with Crippen molar-refractivity contribution in [2.24, 2.45) is 0 Å². The molecule has 1 fully saturated rings. The van der Waals surface area contributed by atoms with Gasteiger partial charge in [-0.05, 0) is 25.1 Å². The summed E-state index contributed by atoms with van der Waals surface area (Å²) in [6.07, 6.45) is 0.925. The molecule has 0 amide bonds. The molecule has 0 aromatic heterocycles. The first-order valence-electron chi connectivity index (χ1n) is 4.61. The Morgan fingerprint density at radius 2 is 2.36 bits per heavy atom. The Balaban J connectivity index is 2.08. The molecule has 1 aromatic rings. The van der Waals surface area contributed by atoms with Crippen LogP contribution in [0.2, 0.25) is 0 Å². The molecule has 0 aliphatic carbocycles. The Kier molecular flexibility index (Phi) is 2.54. The van der Waals surface area contributed by atoms with E-state index in [0.29, 0.717) is 0 Å². The third kappa shape index (κ3) is 1.96. The maximum Gasteiger partial charge on any atom is 0.168 e. The first kappa shape index (κ1) is 9.27. The quantitative estimate of drug-likeness (QED) is 0.750. The number of hydrogen-bond acceptors (Lipinski definition) is 3. The molecule has 1 aliphatic heterocycles. The number of halogens is 1. The van der Waals surface area contributed by atoms with Crippen LogP contribution < -0.4 is 10.1 Å². The summed E-state index contributed by atoms with van der Waals surface area (Å²) < 4.78 is 18.6. The van der Waals surface area contributed by atoms with E-state index in [0.717, 1.165) is 25.6 Å². The Morgan fingerprint density at radius 1 is 1.50 bits per heavy atom. The molecule has 1 unspecified atom stereocenters. The number of nitrogens with one attached hydrogen (secondary N) is 1. The lowest BCUT2D eigenvalue weighted by Crippen LogP contribution is -2.19. The van der Waals surface area contributed by atoms with Crippen molar-refractivity contribution in [1.29, 1.82) is 0 Å². The molecular weight excluding hydrogens is 185 g/mol. The number of hydrogen-bond donors (Lipinski definition) is 2. The highest BCUT2D eigenvalue weighted by Crippen LogP contribution is 2.23. The van der Waals surface area contributed by atoms with Gasteiger partial charge in [0.1, 0.15) is 11.9 Å². The first-order chi connectivity index (χ1) is 6.75. The summed E-state index contributed by atoms with van der Waals surface area (Å²) in [6, 6.07) is 3.92. The standard InChI is InChI=1S/C10H12FNO2/c11-9-5-7(13)1-2-10(9)14-8-3-4-12-6-8/h1-2,5,8,12-13H,3-4,6H2. The number of rotatable bonds is 2. The molecular formula is C10H12FNO2. The second-order valence-corrected chi connectivity index (χ2v) is 3.35. The van der Waals surface area contributed by atoms with Gasteiger partial charge in [0.25, 0.3) is 0 Å². The lowest BCUT2D eigenvalue weighted by molar-refractivity contribution is 0.212. The first-order valence-corrected chi connectivity index (χ1v) is 4.61. The second-order valence-electron chi connectivity index (χ2n) is 3.35. The molecule has 0 saturated carbocycles. The molecule has 2 rings (SSSR count). The van der Waals surface area contributed by atoms with Gasteiger partial charge < -0.3 is 15.2 Å². The van der Waals surface area contributed by atoms with Crippen LogP contribution in [-0.4, -0.2) is 24.3 Å². The Bertz CT molecular complexity index is 324. The fourth-order valence-corrected chi connectivity index (χ4v) is 1.49. The van der Waals surface area contributed by atoms with Crippen LogP contribution in [0, 0.1) is 5.82 Å². The van der Waals surface area contributed by atoms with Gasteiger partial charge in [-0.3, -0.25) is 0 Å². The van der Waals surface area contributed by atoms with Crippen molar-refractivity contribution in [3.05, 3.63) is 24.0 Å². The van der Waals surface area contributed by atoms with Crippen LogP contribution in [0.25, 0.3) is 0 Å². The zero-order valence-corrected chi connectivity index (χ0v) is 7.66. The number of phenolic OH excluding ortho intramolecular Hbond substituents is 1. The number of aromatic hydroxyl groups is 1. The minimum Gasteiger partial charge on any atom is -0.508 e. The average molecular weight is 197 g/mol. The summed E-state index contributed by atoms with van der Waals surface area (Å²) in [5.41, 5.74) is 0. The SMILES string of the molecule is Oc1ccc(OC2CCNC2)c(F)c1. The number of phenols is 1. The summed E-state index contributed by atoms with van der Waals surface area (Å²) in [4.78, 5) is 0. The summed E-state index contributed by atoms with van der Waals surface area (Å²) in [5.74, 6) is -0.396. The van der Waals surface area contributed by atoms with E-state index in [9.17, 15) is 4.39 Å². The largest absolute Gasteiger partial charge is 0.508 e. The monoisotopic (exact) mass is 197 g/mol. The Hall–Kier alpha value is -1.29. The molecule has 2 N–H and O–H groups in total. The summed E-state index contributed by atoms with van der Waals surface area (Å²) in [5, 5.41) is 12.1. The van der Waals surface area contributed by atoms with Crippen LogP contribution in [-0.2, 0) is 0 Å². The van der Waals surface area contributed by atoms with Gasteiger partial charge >= 0.3 is 0 Å². The van der Waals surface area contributed by atoms with Crippen LogP contribution in [0.5, 0.6) is 11.5 Å².